The highest BCUT2D eigenvalue weighted by Crippen LogP contribution is 2.23. The summed E-state index contributed by atoms with van der Waals surface area (Å²) in [5.41, 5.74) is 0.960. The van der Waals surface area contributed by atoms with Gasteiger partial charge in [0.05, 0.1) is 22.1 Å². The quantitative estimate of drug-likeness (QED) is 0.205. The van der Waals surface area contributed by atoms with E-state index in [0.717, 1.165) is 17.4 Å². The van der Waals surface area contributed by atoms with Gasteiger partial charge in [0, 0.05) is 17.8 Å². The number of nitrogens with one attached hydrogen (secondary N) is 2. The van der Waals surface area contributed by atoms with E-state index in [1.165, 1.54) is 24.4 Å². The monoisotopic (exact) mass is 436 g/mol. The average molecular weight is 436 g/mol. The molecule has 0 saturated carbocycles. The predicted molar refractivity (Wildman–Crippen MR) is 117 cm³/mol. The van der Waals surface area contributed by atoms with Crippen LogP contribution in [-0.2, 0) is 4.79 Å². The van der Waals surface area contributed by atoms with Gasteiger partial charge in [-0.15, -0.1) is 0 Å². The number of thioether (sulfide) groups is 1. The first-order valence-electron chi connectivity index (χ1n) is 9.18. The summed E-state index contributed by atoms with van der Waals surface area (Å²) in [6, 6.07) is 14.9. The topological polar surface area (TPSA) is 136 Å². The number of H-pyrrole nitrogens is 1. The zero-order chi connectivity index (χ0) is 22.0. The van der Waals surface area contributed by atoms with E-state index < -0.39 is 10.2 Å². The first-order chi connectivity index (χ1) is 14.9. The van der Waals surface area contributed by atoms with Crippen LogP contribution in [-0.4, -0.2) is 35.8 Å². The van der Waals surface area contributed by atoms with Gasteiger partial charge in [0.1, 0.15) is 5.39 Å². The van der Waals surface area contributed by atoms with E-state index in [9.17, 15) is 19.7 Å². The van der Waals surface area contributed by atoms with Gasteiger partial charge in [-0.3, -0.25) is 19.7 Å². The van der Waals surface area contributed by atoms with Crippen LogP contribution in [0.25, 0.3) is 16.7 Å². The van der Waals surface area contributed by atoms with Crippen molar-refractivity contribution < 1.29 is 9.72 Å². The first kappa shape index (κ1) is 20.3. The lowest BCUT2D eigenvalue weighted by Crippen LogP contribution is -2.23. The number of aromatic amines is 1. The van der Waals surface area contributed by atoms with Crippen LogP contribution in [0, 0.1) is 10.1 Å². The van der Waals surface area contributed by atoms with Crippen molar-refractivity contribution in [2.45, 2.75) is 17.3 Å². The second kappa shape index (κ2) is 8.40. The number of hydrogen-bond donors (Lipinski definition) is 2. The molecule has 11 heteroatoms. The van der Waals surface area contributed by atoms with Crippen LogP contribution in [0.5, 0.6) is 0 Å². The number of rotatable bonds is 6. The Morgan fingerprint density at radius 3 is 2.74 bits per heavy atom. The van der Waals surface area contributed by atoms with Crippen molar-refractivity contribution in [1.82, 2.24) is 19.7 Å². The molecule has 10 nitrogen and oxygen atoms in total. The normalized spacial score (nSPS) is 11.9. The lowest BCUT2D eigenvalue weighted by Gasteiger charge is -2.11. The van der Waals surface area contributed by atoms with Gasteiger partial charge in [-0.25, -0.2) is 9.67 Å². The number of carbonyl (C=O) groups is 1. The maximum atomic E-state index is 12.5. The van der Waals surface area contributed by atoms with E-state index in [1.54, 1.807) is 17.7 Å². The summed E-state index contributed by atoms with van der Waals surface area (Å²) in [5, 5.41) is 17.8. The van der Waals surface area contributed by atoms with Gasteiger partial charge in [0.15, 0.2) is 10.8 Å². The van der Waals surface area contributed by atoms with Gasteiger partial charge in [-0.05, 0) is 25.1 Å². The molecule has 1 atom stereocenters. The Labute approximate surface area is 179 Å². The number of nitro groups is 1. The molecule has 4 aromatic rings. The molecule has 0 bridgehead atoms. The van der Waals surface area contributed by atoms with Crippen molar-refractivity contribution in [3.8, 4) is 5.69 Å². The molecular formula is C20H16N6O4S. The van der Waals surface area contributed by atoms with E-state index in [4.69, 9.17) is 0 Å². The fourth-order valence-electron chi connectivity index (χ4n) is 2.87. The maximum absolute atomic E-state index is 12.5. The number of non-ortho nitro benzene ring substituents is 1. The third kappa shape index (κ3) is 4.31. The molecule has 0 fully saturated rings. The highest BCUT2D eigenvalue weighted by atomic mass is 32.2. The molecule has 2 N–H and O–H groups in total. The molecule has 0 saturated heterocycles. The number of benzene rings is 2. The predicted octanol–water partition coefficient (Wildman–Crippen LogP) is 3.14. The van der Waals surface area contributed by atoms with Gasteiger partial charge < -0.3 is 10.3 Å². The molecule has 0 unspecified atom stereocenters. The van der Waals surface area contributed by atoms with Crippen molar-refractivity contribution in [3.63, 3.8) is 0 Å². The zero-order valence-corrected chi connectivity index (χ0v) is 17.0. The number of anilines is 1. The van der Waals surface area contributed by atoms with E-state index in [-0.39, 0.29) is 22.3 Å². The van der Waals surface area contributed by atoms with Gasteiger partial charge >= 0.3 is 0 Å². The van der Waals surface area contributed by atoms with Crippen LogP contribution in [0.4, 0.5) is 11.4 Å². The maximum Gasteiger partial charge on any atom is 0.271 e. The first-order valence-corrected chi connectivity index (χ1v) is 10.1. The van der Waals surface area contributed by atoms with Crippen molar-refractivity contribution in [1.29, 1.82) is 0 Å². The summed E-state index contributed by atoms with van der Waals surface area (Å²) < 4.78 is 1.56. The summed E-state index contributed by atoms with van der Waals surface area (Å²) in [6.07, 6.45) is 1.45. The van der Waals surface area contributed by atoms with E-state index in [1.807, 2.05) is 30.3 Å². The highest BCUT2D eigenvalue weighted by Gasteiger charge is 2.19. The van der Waals surface area contributed by atoms with E-state index in [0.29, 0.717) is 16.7 Å². The van der Waals surface area contributed by atoms with Crippen LogP contribution in [0.15, 0.2) is 70.7 Å². The Hall–Kier alpha value is -3.99. The molecule has 0 aliphatic carbocycles. The standard InChI is InChI=1S/C20H16N6O4S/c1-12(18(27)22-13-6-5-9-15(10-13)26(29)30)31-20-23-17-16(19(28)24-20)11-21-25(17)14-7-3-2-4-8-14/h2-12H,1H3,(H,22,27)(H,23,24,28)/t12-/m0/s1. The molecule has 4 rings (SSSR count). The number of nitrogens with zero attached hydrogens (tertiary/aromatic N) is 4. The van der Waals surface area contributed by atoms with Crippen molar-refractivity contribution >= 4 is 40.1 Å². The van der Waals surface area contributed by atoms with E-state index in [2.05, 4.69) is 20.4 Å². The number of nitro benzene ring substituents is 1. The van der Waals surface area contributed by atoms with Crippen molar-refractivity contribution in [2.24, 2.45) is 0 Å². The van der Waals surface area contributed by atoms with Crippen LogP contribution in [0.1, 0.15) is 6.92 Å². The third-order valence-corrected chi connectivity index (χ3v) is 5.38. The van der Waals surface area contributed by atoms with Crippen LogP contribution < -0.4 is 10.9 Å². The Balaban J connectivity index is 1.56. The number of fused-ring (bicyclic) bond motifs is 1. The second-order valence-corrected chi connectivity index (χ2v) is 7.89. The summed E-state index contributed by atoms with van der Waals surface area (Å²) >= 11 is 1.06. The number of amides is 1. The molecule has 2 aromatic carbocycles. The molecule has 156 valence electrons. The molecule has 2 heterocycles. The fraction of sp³-hybridized carbons (Fsp3) is 0.100. The van der Waals surface area contributed by atoms with Crippen LogP contribution >= 0.6 is 11.8 Å². The van der Waals surface area contributed by atoms with Crippen LogP contribution in [0.2, 0.25) is 0 Å². The summed E-state index contributed by atoms with van der Waals surface area (Å²) in [4.78, 5) is 42.5. The summed E-state index contributed by atoms with van der Waals surface area (Å²) in [7, 11) is 0. The van der Waals surface area contributed by atoms with Crippen molar-refractivity contribution in [2.75, 3.05) is 5.32 Å². The Kier molecular flexibility index (Phi) is 5.50. The second-order valence-electron chi connectivity index (χ2n) is 6.56. The smallest absolute Gasteiger partial charge is 0.271 e. The molecule has 0 aliphatic heterocycles. The number of hydrogen-bond acceptors (Lipinski definition) is 7. The Morgan fingerprint density at radius 1 is 1.23 bits per heavy atom. The average Bonchev–Trinajstić information content (AvgIpc) is 3.19. The summed E-state index contributed by atoms with van der Waals surface area (Å²) in [6.45, 7) is 1.65. The lowest BCUT2D eigenvalue weighted by molar-refractivity contribution is -0.384. The minimum Gasteiger partial charge on any atom is -0.325 e. The molecule has 1 amide bonds. The van der Waals surface area contributed by atoms with Crippen LogP contribution in [0.3, 0.4) is 0 Å². The molecule has 0 spiro atoms. The molecule has 2 aromatic heterocycles. The van der Waals surface area contributed by atoms with Gasteiger partial charge in [0.2, 0.25) is 5.91 Å². The van der Waals surface area contributed by atoms with Gasteiger partial charge in [-0.1, -0.05) is 36.0 Å². The lowest BCUT2D eigenvalue weighted by atomic mass is 10.2. The zero-order valence-electron chi connectivity index (χ0n) is 16.2. The van der Waals surface area contributed by atoms with E-state index >= 15 is 0 Å². The highest BCUT2D eigenvalue weighted by molar-refractivity contribution is 8.00. The minimum atomic E-state index is -0.632. The Morgan fingerprint density at radius 2 is 2.00 bits per heavy atom. The SMILES string of the molecule is C[C@H](Sc1nc2c(cnn2-c2ccccc2)c(=O)[nH]1)C(=O)Nc1cccc([N+](=O)[O-])c1. The number of para-hydroxylation sites is 1. The minimum absolute atomic E-state index is 0.122. The number of carbonyl (C=O) groups excluding carboxylic acids is 1. The largest absolute Gasteiger partial charge is 0.325 e. The fourth-order valence-corrected chi connectivity index (χ4v) is 3.67. The summed E-state index contributed by atoms with van der Waals surface area (Å²) in [5.74, 6) is -0.384. The van der Waals surface area contributed by atoms with Gasteiger partial charge in [0.25, 0.3) is 11.2 Å². The molecule has 0 aliphatic rings. The molecule has 0 radical (unpaired) electrons. The third-order valence-electron chi connectivity index (χ3n) is 4.40. The molecule has 31 heavy (non-hydrogen) atoms. The number of aromatic nitrogens is 4. The Bertz CT molecular complexity index is 1330. The molecular weight excluding hydrogens is 420 g/mol. The van der Waals surface area contributed by atoms with Crippen molar-refractivity contribution in [3.05, 3.63) is 81.3 Å². The van der Waals surface area contributed by atoms with Gasteiger partial charge in [-0.2, -0.15) is 5.10 Å².